The lowest BCUT2D eigenvalue weighted by Gasteiger charge is -2.15. The molecule has 18 heavy (non-hydrogen) atoms. The predicted molar refractivity (Wildman–Crippen MR) is 68.0 cm³/mol. The zero-order chi connectivity index (χ0) is 13.4. The molecule has 1 N–H and O–H groups in total. The Morgan fingerprint density at radius 2 is 2.06 bits per heavy atom. The Kier molecular flexibility index (Phi) is 5.94. The van der Waals surface area contributed by atoms with Crippen molar-refractivity contribution < 1.29 is 19.4 Å². The van der Waals surface area contributed by atoms with Crippen molar-refractivity contribution in [2.45, 2.75) is 26.6 Å². The number of aliphatic hydroxyl groups excluding tert-OH is 1. The average molecular weight is 250 g/mol. The molecule has 1 unspecified atom stereocenters. The SMILES string of the molecule is C/C=C(/C)C(CO)OC(=O)OCc1ccccc1. The highest BCUT2D eigenvalue weighted by atomic mass is 16.7. The van der Waals surface area contributed by atoms with Crippen LogP contribution in [0.1, 0.15) is 19.4 Å². The number of aliphatic hydroxyl groups is 1. The number of benzene rings is 1. The summed E-state index contributed by atoms with van der Waals surface area (Å²) >= 11 is 0. The summed E-state index contributed by atoms with van der Waals surface area (Å²) in [5, 5.41) is 9.09. The van der Waals surface area contributed by atoms with Gasteiger partial charge in [0, 0.05) is 0 Å². The van der Waals surface area contributed by atoms with Gasteiger partial charge in [0.15, 0.2) is 0 Å². The second-order valence-corrected chi connectivity index (χ2v) is 3.85. The van der Waals surface area contributed by atoms with Crippen molar-refractivity contribution in [1.29, 1.82) is 0 Å². The van der Waals surface area contributed by atoms with Gasteiger partial charge in [0.2, 0.25) is 0 Å². The van der Waals surface area contributed by atoms with Gasteiger partial charge in [0.05, 0.1) is 6.61 Å². The molecule has 0 heterocycles. The molecule has 0 aliphatic heterocycles. The number of hydrogen-bond donors (Lipinski definition) is 1. The first-order valence-electron chi connectivity index (χ1n) is 5.78. The minimum Gasteiger partial charge on any atom is -0.429 e. The summed E-state index contributed by atoms with van der Waals surface area (Å²) in [7, 11) is 0. The van der Waals surface area contributed by atoms with E-state index in [2.05, 4.69) is 0 Å². The van der Waals surface area contributed by atoms with Crippen molar-refractivity contribution in [2.75, 3.05) is 6.61 Å². The van der Waals surface area contributed by atoms with Crippen molar-refractivity contribution in [2.24, 2.45) is 0 Å². The first-order chi connectivity index (χ1) is 8.67. The smallest absolute Gasteiger partial charge is 0.429 e. The molecule has 0 spiro atoms. The predicted octanol–water partition coefficient (Wildman–Crippen LogP) is 2.67. The Morgan fingerprint density at radius 3 is 2.61 bits per heavy atom. The van der Waals surface area contributed by atoms with E-state index in [1.165, 1.54) is 0 Å². The van der Waals surface area contributed by atoms with E-state index >= 15 is 0 Å². The molecule has 0 aliphatic carbocycles. The van der Waals surface area contributed by atoms with Crippen molar-refractivity contribution in [3.63, 3.8) is 0 Å². The van der Waals surface area contributed by atoms with Gasteiger partial charge in [-0.05, 0) is 25.0 Å². The van der Waals surface area contributed by atoms with Crippen LogP contribution >= 0.6 is 0 Å². The fourth-order valence-electron chi connectivity index (χ4n) is 1.33. The van der Waals surface area contributed by atoms with E-state index in [9.17, 15) is 4.79 Å². The standard InChI is InChI=1S/C14H18O4/c1-3-11(2)13(9-15)18-14(16)17-10-12-7-5-4-6-8-12/h3-8,13,15H,9-10H2,1-2H3/b11-3-. The highest BCUT2D eigenvalue weighted by molar-refractivity contribution is 5.60. The summed E-state index contributed by atoms with van der Waals surface area (Å²) in [6, 6.07) is 9.33. The maximum atomic E-state index is 11.4. The second-order valence-electron chi connectivity index (χ2n) is 3.85. The van der Waals surface area contributed by atoms with Crippen molar-refractivity contribution in [1.82, 2.24) is 0 Å². The van der Waals surface area contributed by atoms with E-state index in [4.69, 9.17) is 14.6 Å². The third-order valence-electron chi connectivity index (χ3n) is 2.57. The molecule has 1 aromatic carbocycles. The normalized spacial score (nSPS) is 12.9. The zero-order valence-electron chi connectivity index (χ0n) is 10.6. The number of ether oxygens (including phenoxy) is 2. The van der Waals surface area contributed by atoms with Gasteiger partial charge in [-0.15, -0.1) is 0 Å². The third kappa shape index (κ3) is 4.59. The molecule has 0 radical (unpaired) electrons. The Morgan fingerprint density at radius 1 is 1.39 bits per heavy atom. The summed E-state index contributed by atoms with van der Waals surface area (Å²) in [4.78, 5) is 11.4. The minimum atomic E-state index is -0.779. The Balaban J connectivity index is 2.42. The molecule has 4 nitrogen and oxygen atoms in total. The third-order valence-corrected chi connectivity index (χ3v) is 2.57. The molecule has 0 amide bonds. The summed E-state index contributed by atoms with van der Waals surface area (Å²) in [6.07, 6.45) is 0.364. The van der Waals surface area contributed by atoms with E-state index < -0.39 is 12.3 Å². The molecule has 1 aromatic rings. The van der Waals surface area contributed by atoms with Crippen LogP contribution in [0, 0.1) is 0 Å². The van der Waals surface area contributed by atoms with Crippen LogP contribution in [-0.4, -0.2) is 24.0 Å². The quantitative estimate of drug-likeness (QED) is 0.644. The van der Waals surface area contributed by atoms with Crippen LogP contribution in [0.4, 0.5) is 4.79 Å². The van der Waals surface area contributed by atoms with Gasteiger partial charge in [-0.1, -0.05) is 36.4 Å². The summed E-state index contributed by atoms with van der Waals surface area (Å²) < 4.78 is 9.95. The van der Waals surface area contributed by atoms with E-state index in [0.717, 1.165) is 11.1 Å². The van der Waals surface area contributed by atoms with Crippen LogP contribution in [-0.2, 0) is 16.1 Å². The Bertz CT molecular complexity index is 398. The Labute approximate surface area is 107 Å². The second kappa shape index (κ2) is 7.50. The largest absolute Gasteiger partial charge is 0.509 e. The molecule has 4 heteroatoms. The molecule has 98 valence electrons. The molecule has 0 aliphatic rings. The fraction of sp³-hybridized carbons (Fsp3) is 0.357. The summed E-state index contributed by atoms with van der Waals surface area (Å²) in [6.45, 7) is 3.51. The molecule has 0 fully saturated rings. The van der Waals surface area contributed by atoms with E-state index in [0.29, 0.717) is 0 Å². The monoisotopic (exact) mass is 250 g/mol. The number of rotatable bonds is 5. The molecule has 1 rings (SSSR count). The first kappa shape index (κ1) is 14.3. The van der Waals surface area contributed by atoms with Gasteiger partial charge in [-0.3, -0.25) is 0 Å². The maximum Gasteiger partial charge on any atom is 0.509 e. The molecule has 0 bridgehead atoms. The maximum absolute atomic E-state index is 11.4. The molecule has 1 atom stereocenters. The van der Waals surface area contributed by atoms with Crippen LogP contribution < -0.4 is 0 Å². The highest BCUT2D eigenvalue weighted by Gasteiger charge is 2.15. The summed E-state index contributed by atoms with van der Waals surface area (Å²) in [5.41, 5.74) is 1.67. The van der Waals surface area contributed by atoms with Gasteiger partial charge < -0.3 is 14.6 Å². The zero-order valence-corrected chi connectivity index (χ0v) is 10.6. The van der Waals surface area contributed by atoms with E-state index in [1.54, 1.807) is 13.0 Å². The molecule has 0 aromatic heterocycles. The van der Waals surface area contributed by atoms with Gasteiger partial charge in [-0.25, -0.2) is 4.79 Å². The van der Waals surface area contributed by atoms with Crippen LogP contribution in [0.2, 0.25) is 0 Å². The van der Waals surface area contributed by atoms with Crippen LogP contribution in [0.3, 0.4) is 0 Å². The average Bonchev–Trinajstić information content (AvgIpc) is 2.42. The Hall–Kier alpha value is -1.81. The lowest BCUT2D eigenvalue weighted by molar-refractivity contribution is 0.0120. The molecule has 0 saturated carbocycles. The number of carbonyl (C=O) groups is 1. The highest BCUT2D eigenvalue weighted by Crippen LogP contribution is 2.08. The molecular formula is C14H18O4. The van der Waals surface area contributed by atoms with Crippen LogP contribution in [0.5, 0.6) is 0 Å². The van der Waals surface area contributed by atoms with Gasteiger partial charge in [-0.2, -0.15) is 0 Å². The van der Waals surface area contributed by atoms with Crippen molar-refractivity contribution in [3.05, 3.63) is 47.5 Å². The number of carbonyl (C=O) groups excluding carboxylic acids is 1. The van der Waals surface area contributed by atoms with Gasteiger partial charge >= 0.3 is 6.16 Å². The van der Waals surface area contributed by atoms with Gasteiger partial charge in [0.1, 0.15) is 12.7 Å². The van der Waals surface area contributed by atoms with Crippen LogP contribution in [0.15, 0.2) is 42.0 Å². The number of allylic oxidation sites excluding steroid dienone is 1. The van der Waals surface area contributed by atoms with E-state index in [1.807, 2.05) is 37.3 Å². The molecular weight excluding hydrogens is 232 g/mol. The first-order valence-corrected chi connectivity index (χ1v) is 5.78. The lowest BCUT2D eigenvalue weighted by Crippen LogP contribution is -2.23. The topological polar surface area (TPSA) is 55.8 Å². The molecule has 0 saturated heterocycles. The van der Waals surface area contributed by atoms with Gasteiger partial charge in [0.25, 0.3) is 0 Å². The fourth-order valence-corrected chi connectivity index (χ4v) is 1.33. The van der Waals surface area contributed by atoms with Crippen molar-refractivity contribution >= 4 is 6.16 Å². The lowest BCUT2D eigenvalue weighted by atomic mass is 10.2. The number of hydrogen-bond acceptors (Lipinski definition) is 4. The summed E-state index contributed by atoms with van der Waals surface area (Å²) in [5.74, 6) is 0. The van der Waals surface area contributed by atoms with Crippen LogP contribution in [0.25, 0.3) is 0 Å². The van der Waals surface area contributed by atoms with Crippen molar-refractivity contribution in [3.8, 4) is 0 Å². The minimum absolute atomic E-state index is 0.159. The van der Waals surface area contributed by atoms with E-state index in [-0.39, 0.29) is 13.2 Å².